The molecule has 2 aromatic carbocycles. The fourth-order valence-corrected chi connectivity index (χ4v) is 4.65. The van der Waals surface area contributed by atoms with E-state index in [0.717, 1.165) is 47.2 Å². The molecule has 2 N–H and O–H groups in total. The van der Waals surface area contributed by atoms with Crippen molar-refractivity contribution in [2.24, 2.45) is 4.99 Å². The van der Waals surface area contributed by atoms with Crippen molar-refractivity contribution in [3.05, 3.63) is 70.0 Å². The number of fused-ring (bicyclic) bond motifs is 2. The van der Waals surface area contributed by atoms with Crippen LogP contribution in [0.3, 0.4) is 0 Å². The molecular formula is C21H18N6OS. The minimum atomic E-state index is -0.376. The molecule has 0 unspecified atom stereocenters. The monoisotopic (exact) mass is 402 g/mol. The molecule has 3 aromatic rings. The van der Waals surface area contributed by atoms with E-state index in [9.17, 15) is 10.1 Å². The number of aromatic amines is 1. The van der Waals surface area contributed by atoms with Crippen LogP contribution in [-0.4, -0.2) is 41.8 Å². The number of nitriles is 1. The number of nitrogens with one attached hydrogen (secondary N) is 2. The van der Waals surface area contributed by atoms with E-state index in [1.54, 1.807) is 11.8 Å². The molecule has 1 fully saturated rings. The largest absolute Gasteiger partial charge is 0.353 e. The Balaban J connectivity index is 1.73. The standard InChI is InChI=1S/C21H18N6OS/c22-13-15-20(26-11-9-23-10-12-26)25-27(21(15)28)19-14-5-1-3-7-17(14)29-18-8-4-2-6-16(18)24-19/h1-8,23,25H,9-12H2. The number of hydrogen-bond donors (Lipinski definition) is 2. The minimum Gasteiger partial charge on any atom is -0.353 e. The first-order valence-electron chi connectivity index (χ1n) is 9.42. The van der Waals surface area contributed by atoms with Crippen LogP contribution in [0.2, 0.25) is 0 Å². The zero-order valence-electron chi connectivity index (χ0n) is 15.6. The molecule has 3 heterocycles. The van der Waals surface area contributed by atoms with Gasteiger partial charge in [-0.3, -0.25) is 9.89 Å². The summed E-state index contributed by atoms with van der Waals surface area (Å²) in [6, 6.07) is 17.8. The van der Waals surface area contributed by atoms with Gasteiger partial charge in [-0.05, 0) is 18.2 Å². The molecule has 29 heavy (non-hydrogen) atoms. The van der Waals surface area contributed by atoms with E-state index in [1.807, 2.05) is 53.4 Å². The number of benzene rings is 2. The number of anilines is 1. The van der Waals surface area contributed by atoms with Crippen molar-refractivity contribution >= 4 is 29.1 Å². The van der Waals surface area contributed by atoms with Crippen molar-refractivity contribution in [2.75, 3.05) is 31.1 Å². The average Bonchev–Trinajstić information content (AvgIpc) is 3.00. The van der Waals surface area contributed by atoms with Gasteiger partial charge in [0.05, 0.1) is 5.69 Å². The van der Waals surface area contributed by atoms with Crippen molar-refractivity contribution in [3.8, 4) is 6.07 Å². The molecule has 1 saturated heterocycles. The summed E-state index contributed by atoms with van der Waals surface area (Å²) in [5.41, 5.74) is 1.40. The minimum absolute atomic E-state index is 0.122. The highest BCUT2D eigenvalue weighted by molar-refractivity contribution is 7.99. The van der Waals surface area contributed by atoms with Gasteiger partial charge in [0.2, 0.25) is 0 Å². The highest BCUT2D eigenvalue weighted by atomic mass is 32.2. The van der Waals surface area contributed by atoms with Crippen molar-refractivity contribution in [2.45, 2.75) is 9.79 Å². The zero-order chi connectivity index (χ0) is 19.8. The first-order chi connectivity index (χ1) is 14.3. The van der Waals surface area contributed by atoms with Gasteiger partial charge in [0, 0.05) is 41.5 Å². The van der Waals surface area contributed by atoms with E-state index in [1.165, 1.54) is 4.68 Å². The van der Waals surface area contributed by atoms with E-state index in [0.29, 0.717) is 11.7 Å². The first kappa shape index (κ1) is 17.8. The van der Waals surface area contributed by atoms with E-state index in [2.05, 4.69) is 16.5 Å². The fourth-order valence-electron chi connectivity index (χ4n) is 3.63. The van der Waals surface area contributed by atoms with E-state index in [4.69, 9.17) is 4.99 Å². The predicted octanol–water partition coefficient (Wildman–Crippen LogP) is 2.55. The Hall–Kier alpha value is -3.28. The van der Waals surface area contributed by atoms with Crippen molar-refractivity contribution in [1.29, 1.82) is 5.26 Å². The van der Waals surface area contributed by atoms with E-state index < -0.39 is 0 Å². The van der Waals surface area contributed by atoms with Crippen molar-refractivity contribution < 1.29 is 0 Å². The second-order valence-corrected chi connectivity index (χ2v) is 7.91. The van der Waals surface area contributed by atoms with Crippen LogP contribution in [0.4, 0.5) is 11.5 Å². The summed E-state index contributed by atoms with van der Waals surface area (Å²) in [5.74, 6) is 1.06. The Bertz CT molecular complexity index is 1210. The first-order valence-corrected chi connectivity index (χ1v) is 10.2. The fraction of sp³-hybridized carbons (Fsp3) is 0.190. The van der Waals surface area contributed by atoms with Gasteiger partial charge < -0.3 is 10.2 Å². The number of nitrogens with zero attached hydrogens (tertiary/aromatic N) is 4. The van der Waals surface area contributed by atoms with Crippen LogP contribution >= 0.6 is 11.8 Å². The number of piperazine rings is 1. The molecule has 0 bridgehead atoms. The third kappa shape index (κ3) is 3.05. The van der Waals surface area contributed by atoms with Gasteiger partial charge in [-0.2, -0.15) is 9.94 Å². The van der Waals surface area contributed by atoms with Gasteiger partial charge in [-0.15, -0.1) is 0 Å². The predicted molar refractivity (Wildman–Crippen MR) is 113 cm³/mol. The summed E-state index contributed by atoms with van der Waals surface area (Å²) in [4.78, 5) is 22.1. The summed E-state index contributed by atoms with van der Waals surface area (Å²) < 4.78 is 1.41. The molecular weight excluding hydrogens is 384 g/mol. The zero-order valence-corrected chi connectivity index (χ0v) is 16.4. The topological polar surface area (TPSA) is 89.2 Å². The third-order valence-electron chi connectivity index (χ3n) is 5.07. The van der Waals surface area contributed by atoms with Crippen molar-refractivity contribution in [1.82, 2.24) is 15.1 Å². The van der Waals surface area contributed by atoms with Gasteiger partial charge in [-0.1, -0.05) is 42.1 Å². The maximum absolute atomic E-state index is 13.2. The molecule has 2 aliphatic rings. The van der Waals surface area contributed by atoms with Crippen LogP contribution in [0.1, 0.15) is 11.1 Å². The molecule has 0 amide bonds. The quantitative estimate of drug-likeness (QED) is 0.511. The maximum Gasteiger partial charge on any atom is 0.292 e. The smallest absolute Gasteiger partial charge is 0.292 e. The lowest BCUT2D eigenvalue weighted by Gasteiger charge is -2.28. The number of H-pyrrole nitrogens is 1. The van der Waals surface area contributed by atoms with E-state index in [-0.39, 0.29) is 11.1 Å². The lowest BCUT2D eigenvalue weighted by Crippen LogP contribution is -2.44. The number of hydrogen-bond acceptors (Lipinski definition) is 6. The molecule has 0 atom stereocenters. The second-order valence-electron chi connectivity index (χ2n) is 6.83. The molecule has 0 spiro atoms. The summed E-state index contributed by atoms with van der Waals surface area (Å²) >= 11 is 1.62. The van der Waals surface area contributed by atoms with E-state index >= 15 is 0 Å². The van der Waals surface area contributed by atoms with Crippen molar-refractivity contribution in [3.63, 3.8) is 0 Å². The van der Waals surface area contributed by atoms with Crippen LogP contribution in [0, 0.1) is 11.3 Å². The Morgan fingerprint density at radius 3 is 2.55 bits per heavy atom. The number of rotatable bonds is 1. The van der Waals surface area contributed by atoms with Gasteiger partial charge in [-0.25, -0.2) is 4.99 Å². The highest BCUT2D eigenvalue weighted by Gasteiger charge is 2.26. The Morgan fingerprint density at radius 2 is 1.76 bits per heavy atom. The summed E-state index contributed by atoms with van der Waals surface area (Å²) in [6.45, 7) is 3.09. The molecule has 5 rings (SSSR count). The molecule has 7 nitrogen and oxygen atoms in total. The third-order valence-corrected chi connectivity index (χ3v) is 6.21. The number of para-hydroxylation sites is 1. The highest BCUT2D eigenvalue weighted by Crippen LogP contribution is 2.40. The number of aromatic nitrogens is 2. The maximum atomic E-state index is 13.2. The van der Waals surface area contributed by atoms with Gasteiger partial charge in [0.15, 0.2) is 11.4 Å². The normalized spacial score (nSPS) is 15.7. The lowest BCUT2D eigenvalue weighted by molar-refractivity contribution is 0.583. The van der Waals surface area contributed by atoms with Gasteiger partial charge in [0.1, 0.15) is 11.9 Å². The summed E-state index contributed by atoms with van der Waals surface area (Å²) in [6.07, 6.45) is 0. The summed E-state index contributed by atoms with van der Waals surface area (Å²) in [7, 11) is 0. The molecule has 2 aliphatic heterocycles. The van der Waals surface area contributed by atoms with Gasteiger partial charge >= 0.3 is 0 Å². The Labute approximate surface area is 171 Å². The lowest BCUT2D eigenvalue weighted by atomic mass is 10.2. The molecule has 8 heteroatoms. The molecule has 0 radical (unpaired) electrons. The van der Waals surface area contributed by atoms with Crippen LogP contribution in [0.5, 0.6) is 0 Å². The van der Waals surface area contributed by atoms with Crippen LogP contribution < -0.4 is 15.8 Å². The average molecular weight is 402 g/mol. The molecule has 0 aliphatic carbocycles. The van der Waals surface area contributed by atoms with Crippen LogP contribution in [0.25, 0.3) is 0 Å². The SMILES string of the molecule is N#Cc1c(N2CCNCC2)[nH]n(C2=Nc3ccccc3Sc3ccccc32)c1=O. The molecule has 1 aromatic heterocycles. The van der Waals surface area contributed by atoms with Crippen LogP contribution in [0.15, 0.2) is 68.1 Å². The van der Waals surface area contributed by atoms with Gasteiger partial charge in [0.25, 0.3) is 5.56 Å². The Kier molecular flexibility index (Phi) is 4.46. The second kappa shape index (κ2) is 7.28. The molecule has 0 saturated carbocycles. The van der Waals surface area contributed by atoms with Crippen LogP contribution in [-0.2, 0) is 0 Å². The number of aliphatic imine (C=N–C) groups is 1. The summed E-state index contributed by atoms with van der Waals surface area (Å²) in [5, 5.41) is 16.1. The molecule has 144 valence electrons. The Morgan fingerprint density at radius 1 is 1.03 bits per heavy atom.